The highest BCUT2D eigenvalue weighted by atomic mass is 16.5. The number of nitrogens with zero attached hydrogens (tertiary/aromatic N) is 6. The van der Waals surface area contributed by atoms with Gasteiger partial charge in [-0.15, -0.1) is 5.10 Å². The molecular weight excluding hydrogens is 482 g/mol. The van der Waals surface area contributed by atoms with Gasteiger partial charge >= 0.3 is 5.97 Å². The van der Waals surface area contributed by atoms with Crippen LogP contribution in [0.4, 0.5) is 5.69 Å². The van der Waals surface area contributed by atoms with Gasteiger partial charge in [-0.25, -0.2) is 14.7 Å². The Bertz CT molecular complexity index is 1270. The van der Waals surface area contributed by atoms with E-state index in [2.05, 4.69) is 46.0 Å². The van der Waals surface area contributed by atoms with Crippen molar-refractivity contribution in [2.75, 3.05) is 13.2 Å². The second-order valence-corrected chi connectivity index (χ2v) is 9.57. The summed E-state index contributed by atoms with van der Waals surface area (Å²) in [5.74, 6) is 0.940. The van der Waals surface area contributed by atoms with E-state index in [0.717, 1.165) is 66.6 Å². The summed E-state index contributed by atoms with van der Waals surface area (Å²) in [6.45, 7) is 6.41. The monoisotopic (exact) mass is 519 g/mol. The minimum Gasteiger partial charge on any atom is -0.494 e. The molecule has 10 heteroatoms. The maximum atomic E-state index is 10.6. The van der Waals surface area contributed by atoms with Crippen molar-refractivity contribution in [3.8, 4) is 11.4 Å². The van der Waals surface area contributed by atoms with Crippen LogP contribution in [0.25, 0.3) is 5.69 Å². The summed E-state index contributed by atoms with van der Waals surface area (Å²) in [7, 11) is 0. The van der Waals surface area contributed by atoms with Crippen molar-refractivity contribution in [2.45, 2.75) is 71.3 Å². The number of fused-ring (bicyclic) bond motifs is 1. The molecule has 1 unspecified atom stereocenters. The van der Waals surface area contributed by atoms with Gasteiger partial charge in [0.05, 0.1) is 29.9 Å². The van der Waals surface area contributed by atoms with Crippen LogP contribution in [0, 0.1) is 0 Å². The Labute approximate surface area is 223 Å². The van der Waals surface area contributed by atoms with Gasteiger partial charge in [-0.2, -0.15) is 0 Å². The maximum absolute atomic E-state index is 10.6. The Hall–Kier alpha value is -3.79. The number of nitrogens with two attached hydrogens (primary N) is 1. The van der Waals surface area contributed by atoms with E-state index in [0.29, 0.717) is 26.0 Å². The van der Waals surface area contributed by atoms with Crippen LogP contribution >= 0.6 is 0 Å². The summed E-state index contributed by atoms with van der Waals surface area (Å²) in [6, 6.07) is 9.74. The number of aliphatic carboxylic acids is 1. The molecule has 0 saturated carbocycles. The van der Waals surface area contributed by atoms with Gasteiger partial charge in [0.25, 0.3) is 0 Å². The SMILES string of the molecule is CCc1cc(-n2nnc3c2C(C)CCC(=Nc2ccc(OCCCCC(=O)O)cc2)N=C3)cn1CCCN. The van der Waals surface area contributed by atoms with Crippen LogP contribution in [-0.4, -0.2) is 55.8 Å². The maximum Gasteiger partial charge on any atom is 0.303 e. The number of aliphatic imine (C=N–C) groups is 2. The first-order chi connectivity index (χ1) is 18.5. The first-order valence-corrected chi connectivity index (χ1v) is 13.4. The first kappa shape index (κ1) is 27.3. The van der Waals surface area contributed by atoms with E-state index < -0.39 is 5.97 Å². The molecule has 4 rings (SSSR count). The van der Waals surface area contributed by atoms with E-state index >= 15 is 0 Å². The fraction of sp³-hybridized carbons (Fsp3) is 0.464. The van der Waals surface area contributed by atoms with Gasteiger partial charge < -0.3 is 20.1 Å². The molecule has 0 saturated heterocycles. The molecule has 3 N–H and O–H groups in total. The van der Waals surface area contributed by atoms with Crippen LogP contribution in [0.2, 0.25) is 0 Å². The standard InChI is InChI=1S/C28H37N7O3/c1-3-22-17-23(19-34(22)15-6-14-29)35-28-20(2)8-13-26(30-18-25(28)32-33-35)31-21-9-11-24(12-10-21)38-16-5-4-7-27(36)37/h9-12,17-20H,3-8,13-16,29H2,1-2H3,(H,36,37). The first-order valence-electron chi connectivity index (χ1n) is 13.4. The zero-order valence-corrected chi connectivity index (χ0v) is 22.2. The largest absolute Gasteiger partial charge is 0.494 e. The third-order valence-electron chi connectivity index (χ3n) is 6.67. The average molecular weight is 520 g/mol. The molecule has 1 atom stereocenters. The van der Waals surface area contributed by atoms with Gasteiger partial charge in [0.15, 0.2) is 0 Å². The van der Waals surface area contributed by atoms with Gasteiger partial charge in [-0.1, -0.05) is 19.1 Å². The number of benzene rings is 1. The minimum absolute atomic E-state index is 0.166. The molecule has 3 aromatic rings. The molecule has 1 aliphatic heterocycles. The number of carboxylic acid groups (broad SMARTS) is 1. The molecule has 38 heavy (non-hydrogen) atoms. The van der Waals surface area contributed by atoms with E-state index in [1.165, 1.54) is 5.69 Å². The molecule has 10 nitrogen and oxygen atoms in total. The number of aryl methyl sites for hydroxylation is 2. The number of hydrogen-bond donors (Lipinski definition) is 2. The number of carbonyl (C=O) groups is 1. The number of hydrogen-bond acceptors (Lipinski definition) is 6. The highest BCUT2D eigenvalue weighted by Crippen LogP contribution is 2.28. The zero-order valence-electron chi connectivity index (χ0n) is 22.2. The highest BCUT2D eigenvalue weighted by Gasteiger charge is 2.23. The Morgan fingerprint density at radius 3 is 2.79 bits per heavy atom. The number of rotatable bonds is 12. The quantitative estimate of drug-likeness (QED) is 0.334. The van der Waals surface area contributed by atoms with Crippen LogP contribution in [0.1, 0.15) is 75.4 Å². The molecule has 3 heterocycles. The molecule has 0 fully saturated rings. The summed E-state index contributed by atoms with van der Waals surface area (Å²) in [5, 5.41) is 17.6. The average Bonchev–Trinajstić information content (AvgIpc) is 3.52. The fourth-order valence-electron chi connectivity index (χ4n) is 4.57. The van der Waals surface area contributed by atoms with E-state index in [-0.39, 0.29) is 12.3 Å². The van der Waals surface area contributed by atoms with Gasteiger partial charge in [0.1, 0.15) is 17.3 Å². The Morgan fingerprint density at radius 1 is 1.24 bits per heavy atom. The number of aromatic nitrogens is 4. The lowest BCUT2D eigenvalue weighted by Crippen LogP contribution is -2.11. The molecule has 202 valence electrons. The predicted octanol–water partition coefficient (Wildman–Crippen LogP) is 4.66. The summed E-state index contributed by atoms with van der Waals surface area (Å²) in [4.78, 5) is 20.0. The van der Waals surface area contributed by atoms with E-state index in [4.69, 9.17) is 20.6 Å². The second-order valence-electron chi connectivity index (χ2n) is 9.57. The molecule has 1 aromatic carbocycles. The van der Waals surface area contributed by atoms with Crippen LogP contribution in [0.3, 0.4) is 0 Å². The molecule has 2 aromatic heterocycles. The molecule has 0 aliphatic carbocycles. The number of amidine groups is 1. The Kier molecular flexibility index (Phi) is 9.42. The summed E-state index contributed by atoms with van der Waals surface area (Å²) in [6.07, 6.45) is 8.88. The highest BCUT2D eigenvalue weighted by molar-refractivity contribution is 5.96. The predicted molar refractivity (Wildman–Crippen MR) is 148 cm³/mol. The van der Waals surface area contributed by atoms with Crippen molar-refractivity contribution in [3.05, 3.63) is 53.6 Å². The number of unbranched alkanes of at least 4 members (excludes halogenated alkanes) is 1. The van der Waals surface area contributed by atoms with Gasteiger partial charge in [-0.3, -0.25) is 4.79 Å². The summed E-state index contributed by atoms with van der Waals surface area (Å²) < 4.78 is 9.91. The smallest absolute Gasteiger partial charge is 0.303 e. The Balaban J connectivity index is 1.46. The van der Waals surface area contributed by atoms with Crippen molar-refractivity contribution >= 4 is 23.7 Å². The van der Waals surface area contributed by atoms with Gasteiger partial charge in [0.2, 0.25) is 0 Å². The van der Waals surface area contributed by atoms with Crippen LogP contribution in [-0.2, 0) is 17.8 Å². The molecule has 0 bridgehead atoms. The van der Waals surface area contributed by atoms with Crippen molar-refractivity contribution < 1.29 is 14.6 Å². The Morgan fingerprint density at radius 2 is 2.05 bits per heavy atom. The lowest BCUT2D eigenvalue weighted by molar-refractivity contribution is -0.137. The summed E-state index contributed by atoms with van der Waals surface area (Å²) >= 11 is 0. The molecule has 0 amide bonds. The topological polar surface area (TPSA) is 133 Å². The minimum atomic E-state index is -0.778. The molecular formula is C28H37N7O3. The third kappa shape index (κ3) is 6.95. The summed E-state index contributed by atoms with van der Waals surface area (Å²) in [5.41, 5.74) is 10.6. The van der Waals surface area contributed by atoms with Crippen LogP contribution in [0.15, 0.2) is 46.5 Å². The lowest BCUT2D eigenvalue weighted by atomic mass is 9.98. The van der Waals surface area contributed by atoms with Crippen molar-refractivity contribution in [2.24, 2.45) is 15.7 Å². The normalized spacial score (nSPS) is 16.3. The van der Waals surface area contributed by atoms with Crippen LogP contribution in [0.5, 0.6) is 5.75 Å². The van der Waals surface area contributed by atoms with E-state index in [1.807, 2.05) is 28.9 Å². The fourth-order valence-corrected chi connectivity index (χ4v) is 4.57. The zero-order chi connectivity index (χ0) is 26.9. The van der Waals surface area contributed by atoms with Gasteiger partial charge in [-0.05, 0) is 69.0 Å². The van der Waals surface area contributed by atoms with Crippen LogP contribution < -0.4 is 10.5 Å². The number of carboxylic acids is 1. The number of ether oxygens (including phenoxy) is 1. The van der Waals surface area contributed by atoms with Crippen molar-refractivity contribution in [3.63, 3.8) is 0 Å². The lowest BCUT2D eigenvalue weighted by Gasteiger charge is -2.15. The van der Waals surface area contributed by atoms with Crippen molar-refractivity contribution in [1.82, 2.24) is 19.6 Å². The van der Waals surface area contributed by atoms with E-state index in [9.17, 15) is 4.79 Å². The van der Waals surface area contributed by atoms with E-state index in [1.54, 1.807) is 6.21 Å². The van der Waals surface area contributed by atoms with Crippen molar-refractivity contribution in [1.29, 1.82) is 0 Å². The molecule has 1 aliphatic rings. The second kappa shape index (κ2) is 13.1. The molecule has 0 spiro atoms. The third-order valence-corrected chi connectivity index (χ3v) is 6.67. The molecule has 0 radical (unpaired) electrons. The van der Waals surface area contributed by atoms with Gasteiger partial charge in [0, 0.05) is 37.2 Å².